The summed E-state index contributed by atoms with van der Waals surface area (Å²) in [7, 11) is -1.71. The number of nitrogens with two attached hydrogens (primary N) is 1. The summed E-state index contributed by atoms with van der Waals surface area (Å²) >= 11 is 0. The van der Waals surface area contributed by atoms with Gasteiger partial charge in [0.05, 0.1) is 4.90 Å². The van der Waals surface area contributed by atoms with Gasteiger partial charge in [-0.15, -0.1) is 0 Å². The minimum atomic E-state index is -3.38. The van der Waals surface area contributed by atoms with Crippen molar-refractivity contribution in [1.29, 1.82) is 0 Å². The van der Waals surface area contributed by atoms with Crippen LogP contribution in [0.4, 0.5) is 0 Å². The number of sulfonamides is 1. The minimum Gasteiger partial charge on any atom is -0.324 e. The topological polar surface area (TPSA) is 63.4 Å². The quantitative estimate of drug-likeness (QED) is 0.907. The van der Waals surface area contributed by atoms with Crippen LogP contribution in [0, 0.1) is 0 Å². The lowest BCUT2D eigenvalue weighted by Crippen LogP contribution is -2.41. The molecule has 2 rings (SSSR count). The van der Waals surface area contributed by atoms with E-state index in [1.165, 1.54) is 4.31 Å². The molecule has 1 fully saturated rings. The third kappa shape index (κ3) is 2.43. The highest BCUT2D eigenvalue weighted by molar-refractivity contribution is 7.89. The van der Waals surface area contributed by atoms with E-state index in [-0.39, 0.29) is 12.1 Å². The SMILES string of the molecule is CC(N)c1cccc(S(=O)(=O)N(C)C2CCC2)c1. The fourth-order valence-corrected chi connectivity index (χ4v) is 3.54. The summed E-state index contributed by atoms with van der Waals surface area (Å²) < 4.78 is 26.3. The average molecular weight is 268 g/mol. The molecular weight excluding hydrogens is 248 g/mol. The van der Waals surface area contributed by atoms with Crippen molar-refractivity contribution in [3.8, 4) is 0 Å². The van der Waals surface area contributed by atoms with E-state index >= 15 is 0 Å². The monoisotopic (exact) mass is 268 g/mol. The highest BCUT2D eigenvalue weighted by atomic mass is 32.2. The Labute approximate surface area is 109 Å². The van der Waals surface area contributed by atoms with Crippen molar-refractivity contribution in [2.45, 2.75) is 43.2 Å². The van der Waals surface area contributed by atoms with E-state index in [0.717, 1.165) is 24.8 Å². The molecule has 18 heavy (non-hydrogen) atoms. The molecule has 0 saturated heterocycles. The fourth-order valence-electron chi connectivity index (χ4n) is 2.07. The van der Waals surface area contributed by atoms with Crippen molar-refractivity contribution >= 4 is 10.0 Å². The Morgan fingerprint density at radius 1 is 1.39 bits per heavy atom. The molecule has 1 aliphatic rings. The smallest absolute Gasteiger partial charge is 0.243 e. The molecule has 0 aromatic heterocycles. The van der Waals surface area contributed by atoms with Gasteiger partial charge >= 0.3 is 0 Å². The first-order valence-corrected chi connectivity index (χ1v) is 7.70. The molecule has 0 spiro atoms. The van der Waals surface area contributed by atoms with Gasteiger partial charge < -0.3 is 5.73 Å². The highest BCUT2D eigenvalue weighted by Crippen LogP contribution is 2.29. The maximum Gasteiger partial charge on any atom is 0.243 e. The van der Waals surface area contributed by atoms with Crippen LogP contribution in [0.2, 0.25) is 0 Å². The van der Waals surface area contributed by atoms with Crippen LogP contribution in [0.5, 0.6) is 0 Å². The first kappa shape index (κ1) is 13.5. The van der Waals surface area contributed by atoms with Gasteiger partial charge in [-0.05, 0) is 37.5 Å². The normalized spacial score (nSPS) is 18.7. The van der Waals surface area contributed by atoms with Gasteiger partial charge in [-0.25, -0.2) is 8.42 Å². The summed E-state index contributed by atoms with van der Waals surface area (Å²) in [6, 6.07) is 6.92. The van der Waals surface area contributed by atoms with Gasteiger partial charge in [0, 0.05) is 19.1 Å². The van der Waals surface area contributed by atoms with Gasteiger partial charge in [-0.1, -0.05) is 18.6 Å². The molecule has 0 radical (unpaired) electrons. The molecule has 100 valence electrons. The fraction of sp³-hybridized carbons (Fsp3) is 0.538. The highest BCUT2D eigenvalue weighted by Gasteiger charge is 2.31. The zero-order valence-electron chi connectivity index (χ0n) is 10.8. The number of rotatable bonds is 4. The Morgan fingerprint density at radius 2 is 2.06 bits per heavy atom. The van der Waals surface area contributed by atoms with Crippen LogP contribution < -0.4 is 5.73 Å². The van der Waals surface area contributed by atoms with Gasteiger partial charge in [-0.3, -0.25) is 0 Å². The zero-order valence-corrected chi connectivity index (χ0v) is 11.7. The summed E-state index contributed by atoms with van der Waals surface area (Å²) in [6.07, 6.45) is 3.04. The number of nitrogens with zero attached hydrogens (tertiary/aromatic N) is 1. The maximum atomic E-state index is 12.4. The van der Waals surface area contributed by atoms with Gasteiger partial charge in [0.2, 0.25) is 10.0 Å². The lowest BCUT2D eigenvalue weighted by molar-refractivity contribution is 0.249. The van der Waals surface area contributed by atoms with Gasteiger partial charge in [-0.2, -0.15) is 4.31 Å². The van der Waals surface area contributed by atoms with E-state index in [1.807, 2.05) is 13.0 Å². The number of benzene rings is 1. The van der Waals surface area contributed by atoms with Crippen molar-refractivity contribution in [3.05, 3.63) is 29.8 Å². The Balaban J connectivity index is 2.31. The molecule has 1 aliphatic carbocycles. The van der Waals surface area contributed by atoms with E-state index in [9.17, 15) is 8.42 Å². The lowest BCUT2D eigenvalue weighted by Gasteiger charge is -2.33. The second-order valence-corrected chi connectivity index (χ2v) is 6.96. The molecule has 1 aromatic carbocycles. The lowest BCUT2D eigenvalue weighted by atomic mass is 9.94. The summed E-state index contributed by atoms with van der Waals surface area (Å²) in [5.41, 5.74) is 6.64. The van der Waals surface area contributed by atoms with Gasteiger partial charge in [0.15, 0.2) is 0 Å². The summed E-state index contributed by atoms with van der Waals surface area (Å²) in [6.45, 7) is 1.85. The van der Waals surface area contributed by atoms with E-state index in [1.54, 1.807) is 25.2 Å². The third-order valence-electron chi connectivity index (χ3n) is 3.65. The predicted molar refractivity (Wildman–Crippen MR) is 71.6 cm³/mol. The molecule has 0 aliphatic heterocycles. The molecular formula is C13H20N2O2S. The molecule has 1 unspecified atom stereocenters. The molecule has 1 saturated carbocycles. The minimum absolute atomic E-state index is 0.158. The van der Waals surface area contributed by atoms with E-state index in [0.29, 0.717) is 4.90 Å². The molecule has 4 nitrogen and oxygen atoms in total. The van der Waals surface area contributed by atoms with Crippen LogP contribution in [-0.2, 0) is 10.0 Å². The number of hydrogen-bond donors (Lipinski definition) is 1. The van der Waals surface area contributed by atoms with E-state index in [4.69, 9.17) is 5.73 Å². The van der Waals surface area contributed by atoms with Gasteiger partial charge in [0.25, 0.3) is 0 Å². The third-order valence-corrected chi connectivity index (χ3v) is 5.56. The maximum absolute atomic E-state index is 12.4. The molecule has 5 heteroatoms. The predicted octanol–water partition coefficient (Wildman–Crippen LogP) is 1.88. The van der Waals surface area contributed by atoms with E-state index < -0.39 is 10.0 Å². The van der Waals surface area contributed by atoms with Crippen LogP contribution in [0.15, 0.2) is 29.2 Å². The Kier molecular flexibility index (Phi) is 3.75. The molecule has 0 amide bonds. The average Bonchev–Trinajstić information content (AvgIpc) is 2.26. The van der Waals surface area contributed by atoms with Crippen LogP contribution in [0.25, 0.3) is 0 Å². The van der Waals surface area contributed by atoms with E-state index in [2.05, 4.69) is 0 Å². The second-order valence-electron chi connectivity index (χ2n) is 4.97. The van der Waals surface area contributed by atoms with Crippen LogP contribution >= 0.6 is 0 Å². The summed E-state index contributed by atoms with van der Waals surface area (Å²) in [5.74, 6) is 0. The van der Waals surface area contributed by atoms with Crippen molar-refractivity contribution < 1.29 is 8.42 Å². The first-order chi connectivity index (χ1) is 8.43. The zero-order chi connectivity index (χ0) is 13.3. The summed E-state index contributed by atoms with van der Waals surface area (Å²) in [4.78, 5) is 0.340. The number of hydrogen-bond acceptors (Lipinski definition) is 3. The van der Waals surface area contributed by atoms with Crippen molar-refractivity contribution in [2.24, 2.45) is 5.73 Å². The van der Waals surface area contributed by atoms with Crippen LogP contribution in [-0.4, -0.2) is 25.8 Å². The standard InChI is InChI=1S/C13H20N2O2S/c1-10(14)11-5-3-8-13(9-11)18(16,17)15(2)12-6-4-7-12/h3,5,8-10,12H,4,6-7,14H2,1-2H3. The van der Waals surface area contributed by atoms with Crippen molar-refractivity contribution in [3.63, 3.8) is 0 Å². The Morgan fingerprint density at radius 3 is 2.56 bits per heavy atom. The van der Waals surface area contributed by atoms with Crippen molar-refractivity contribution in [1.82, 2.24) is 4.31 Å². The summed E-state index contributed by atoms with van der Waals surface area (Å²) in [5, 5.41) is 0. The molecule has 0 heterocycles. The largest absolute Gasteiger partial charge is 0.324 e. The Hall–Kier alpha value is -0.910. The van der Waals surface area contributed by atoms with Crippen LogP contribution in [0.3, 0.4) is 0 Å². The first-order valence-electron chi connectivity index (χ1n) is 6.26. The molecule has 2 N–H and O–H groups in total. The molecule has 0 bridgehead atoms. The van der Waals surface area contributed by atoms with Crippen LogP contribution in [0.1, 0.15) is 37.8 Å². The van der Waals surface area contributed by atoms with Gasteiger partial charge in [0.1, 0.15) is 0 Å². The second kappa shape index (κ2) is 4.99. The molecule has 1 atom stereocenters. The van der Waals surface area contributed by atoms with Crippen molar-refractivity contribution in [2.75, 3.05) is 7.05 Å². The molecule has 1 aromatic rings. The Bertz CT molecular complexity index is 522.